The average molecular weight is 258 g/mol. The first-order valence-corrected chi connectivity index (χ1v) is 6.63. The van der Waals surface area contributed by atoms with Crippen LogP contribution in [0.3, 0.4) is 0 Å². The van der Waals surface area contributed by atoms with E-state index in [1.807, 2.05) is 26.0 Å². The van der Waals surface area contributed by atoms with Crippen LogP contribution in [0.1, 0.15) is 30.1 Å². The third-order valence-electron chi connectivity index (χ3n) is 3.69. The molecule has 5 heteroatoms. The van der Waals surface area contributed by atoms with E-state index >= 15 is 0 Å². The zero-order valence-corrected chi connectivity index (χ0v) is 11.5. The van der Waals surface area contributed by atoms with Gasteiger partial charge in [0.2, 0.25) is 11.7 Å². The molecule has 0 bridgehead atoms. The van der Waals surface area contributed by atoms with E-state index < -0.39 is 0 Å². The summed E-state index contributed by atoms with van der Waals surface area (Å²) in [6.45, 7) is 8.16. The molecule has 19 heavy (non-hydrogen) atoms. The molecule has 0 aliphatic carbocycles. The Labute approximate surface area is 112 Å². The molecule has 1 unspecified atom stereocenters. The predicted octanol–water partition coefficient (Wildman–Crippen LogP) is 2.07. The molecule has 1 fully saturated rings. The van der Waals surface area contributed by atoms with E-state index in [2.05, 4.69) is 27.4 Å². The lowest BCUT2D eigenvalue weighted by Gasteiger charge is -2.30. The number of hydrogen-bond donors (Lipinski definition) is 1. The molecule has 100 valence electrons. The summed E-state index contributed by atoms with van der Waals surface area (Å²) in [5.41, 5.74) is 2.91. The van der Waals surface area contributed by atoms with Crippen LogP contribution in [0.4, 0.5) is 0 Å². The number of hydrogen-bond acceptors (Lipinski definition) is 5. The van der Waals surface area contributed by atoms with Gasteiger partial charge in [0, 0.05) is 22.9 Å². The van der Waals surface area contributed by atoms with E-state index in [0.717, 1.165) is 35.9 Å². The van der Waals surface area contributed by atoms with Gasteiger partial charge in [0.15, 0.2) is 0 Å². The molecule has 5 nitrogen and oxygen atoms in total. The lowest BCUT2D eigenvalue weighted by Crippen LogP contribution is -2.44. The maximum atomic E-state index is 5.41. The number of pyridine rings is 1. The summed E-state index contributed by atoms with van der Waals surface area (Å²) in [5.74, 6) is 2.30. The van der Waals surface area contributed by atoms with Crippen LogP contribution in [0, 0.1) is 19.8 Å². The van der Waals surface area contributed by atoms with E-state index in [0.29, 0.717) is 17.7 Å². The first kappa shape index (κ1) is 12.3. The summed E-state index contributed by atoms with van der Waals surface area (Å²) < 4.78 is 5.41. The molecular formula is C14H18N4O. The van der Waals surface area contributed by atoms with Crippen LogP contribution in [-0.2, 0) is 0 Å². The SMILES string of the molecule is Cc1cc(-c2noc(C(C)C3CNC3)n2)cc(C)n1. The largest absolute Gasteiger partial charge is 0.339 e. The maximum absolute atomic E-state index is 5.41. The molecule has 0 saturated carbocycles. The number of rotatable bonds is 3. The Morgan fingerprint density at radius 1 is 1.21 bits per heavy atom. The number of aryl methyl sites for hydroxylation is 2. The zero-order valence-electron chi connectivity index (χ0n) is 11.5. The van der Waals surface area contributed by atoms with E-state index in [1.165, 1.54) is 0 Å². The van der Waals surface area contributed by atoms with Gasteiger partial charge in [-0.15, -0.1) is 0 Å². The van der Waals surface area contributed by atoms with Crippen molar-refractivity contribution in [2.75, 3.05) is 13.1 Å². The minimum Gasteiger partial charge on any atom is -0.339 e. The number of nitrogens with one attached hydrogen (secondary N) is 1. The van der Waals surface area contributed by atoms with Crippen LogP contribution in [0.25, 0.3) is 11.4 Å². The fourth-order valence-electron chi connectivity index (χ4n) is 2.37. The average Bonchev–Trinajstić information content (AvgIpc) is 2.74. The van der Waals surface area contributed by atoms with Gasteiger partial charge in [0.25, 0.3) is 0 Å². The highest BCUT2D eigenvalue weighted by atomic mass is 16.5. The summed E-state index contributed by atoms with van der Waals surface area (Å²) >= 11 is 0. The van der Waals surface area contributed by atoms with Crippen LogP contribution in [0.15, 0.2) is 16.7 Å². The second-order valence-corrected chi connectivity index (χ2v) is 5.30. The van der Waals surface area contributed by atoms with Crippen LogP contribution < -0.4 is 5.32 Å². The highest BCUT2D eigenvalue weighted by molar-refractivity contribution is 5.55. The molecule has 3 rings (SSSR count). The molecule has 2 aromatic rings. The van der Waals surface area contributed by atoms with Crippen molar-refractivity contribution in [2.24, 2.45) is 5.92 Å². The first-order chi connectivity index (χ1) is 9.13. The highest BCUT2D eigenvalue weighted by Gasteiger charge is 2.28. The van der Waals surface area contributed by atoms with Gasteiger partial charge in [-0.3, -0.25) is 4.98 Å². The highest BCUT2D eigenvalue weighted by Crippen LogP contribution is 2.27. The van der Waals surface area contributed by atoms with Gasteiger partial charge in [0.05, 0.1) is 0 Å². The van der Waals surface area contributed by atoms with Crippen molar-refractivity contribution in [3.8, 4) is 11.4 Å². The zero-order chi connectivity index (χ0) is 13.4. The van der Waals surface area contributed by atoms with Gasteiger partial charge in [-0.25, -0.2) is 0 Å². The van der Waals surface area contributed by atoms with E-state index in [4.69, 9.17) is 4.52 Å². The molecule has 1 aliphatic rings. The van der Waals surface area contributed by atoms with Gasteiger partial charge >= 0.3 is 0 Å². The Hall–Kier alpha value is -1.75. The van der Waals surface area contributed by atoms with Crippen molar-refractivity contribution >= 4 is 0 Å². The van der Waals surface area contributed by atoms with Gasteiger partial charge in [-0.2, -0.15) is 4.98 Å². The molecule has 1 atom stereocenters. The van der Waals surface area contributed by atoms with Gasteiger partial charge in [0.1, 0.15) is 0 Å². The van der Waals surface area contributed by atoms with Crippen LogP contribution in [0.2, 0.25) is 0 Å². The van der Waals surface area contributed by atoms with Gasteiger partial charge in [-0.1, -0.05) is 12.1 Å². The lowest BCUT2D eigenvalue weighted by molar-refractivity contribution is 0.252. The Morgan fingerprint density at radius 3 is 2.47 bits per heavy atom. The summed E-state index contributed by atoms with van der Waals surface area (Å²) in [5, 5.41) is 7.36. The molecule has 2 aromatic heterocycles. The molecule has 1 N–H and O–H groups in total. The molecule has 3 heterocycles. The first-order valence-electron chi connectivity index (χ1n) is 6.63. The summed E-state index contributed by atoms with van der Waals surface area (Å²) in [7, 11) is 0. The number of aromatic nitrogens is 3. The molecular weight excluding hydrogens is 240 g/mol. The summed E-state index contributed by atoms with van der Waals surface area (Å²) in [6, 6.07) is 3.97. The van der Waals surface area contributed by atoms with Crippen molar-refractivity contribution in [1.82, 2.24) is 20.4 Å². The van der Waals surface area contributed by atoms with Crippen molar-refractivity contribution in [2.45, 2.75) is 26.7 Å². The quantitative estimate of drug-likeness (QED) is 0.913. The summed E-state index contributed by atoms with van der Waals surface area (Å²) in [4.78, 5) is 8.89. The smallest absolute Gasteiger partial charge is 0.230 e. The molecule has 0 spiro atoms. The minimum absolute atomic E-state index is 0.312. The normalized spacial score (nSPS) is 17.2. The van der Waals surface area contributed by atoms with Crippen molar-refractivity contribution in [3.63, 3.8) is 0 Å². The van der Waals surface area contributed by atoms with Crippen LogP contribution in [0.5, 0.6) is 0 Å². The van der Waals surface area contributed by atoms with Crippen molar-refractivity contribution in [3.05, 3.63) is 29.4 Å². The topological polar surface area (TPSA) is 63.8 Å². The Morgan fingerprint density at radius 2 is 1.89 bits per heavy atom. The van der Waals surface area contributed by atoms with Crippen LogP contribution >= 0.6 is 0 Å². The predicted molar refractivity (Wildman–Crippen MR) is 71.8 cm³/mol. The fourth-order valence-corrected chi connectivity index (χ4v) is 2.37. The summed E-state index contributed by atoms with van der Waals surface area (Å²) in [6.07, 6.45) is 0. The molecule has 0 amide bonds. The second kappa shape index (κ2) is 4.74. The van der Waals surface area contributed by atoms with Crippen molar-refractivity contribution in [1.29, 1.82) is 0 Å². The Balaban J connectivity index is 1.87. The lowest BCUT2D eigenvalue weighted by atomic mass is 9.89. The van der Waals surface area contributed by atoms with E-state index in [9.17, 15) is 0 Å². The second-order valence-electron chi connectivity index (χ2n) is 5.30. The third-order valence-corrected chi connectivity index (χ3v) is 3.69. The van der Waals surface area contributed by atoms with Crippen LogP contribution in [-0.4, -0.2) is 28.2 Å². The van der Waals surface area contributed by atoms with Gasteiger partial charge in [-0.05, 0) is 45.0 Å². The number of nitrogens with zero attached hydrogens (tertiary/aromatic N) is 3. The van der Waals surface area contributed by atoms with Crippen molar-refractivity contribution < 1.29 is 4.52 Å². The maximum Gasteiger partial charge on any atom is 0.230 e. The molecule has 1 saturated heterocycles. The molecule has 1 aliphatic heterocycles. The Bertz CT molecular complexity index is 569. The van der Waals surface area contributed by atoms with E-state index in [-0.39, 0.29) is 0 Å². The monoisotopic (exact) mass is 258 g/mol. The third kappa shape index (κ3) is 2.38. The Kier molecular flexibility index (Phi) is 3.06. The minimum atomic E-state index is 0.312. The molecule has 0 radical (unpaired) electrons. The van der Waals surface area contributed by atoms with Gasteiger partial charge < -0.3 is 9.84 Å². The molecule has 0 aromatic carbocycles. The standard InChI is InChI=1S/C14H18N4O/c1-8-4-11(5-9(2)16-8)13-17-14(19-18-13)10(3)12-6-15-7-12/h4-5,10,12,15H,6-7H2,1-3H3. The fraction of sp³-hybridized carbons (Fsp3) is 0.500. The van der Waals surface area contributed by atoms with E-state index in [1.54, 1.807) is 0 Å².